The summed E-state index contributed by atoms with van der Waals surface area (Å²) in [6.45, 7) is -0.526. The van der Waals surface area contributed by atoms with Gasteiger partial charge in [0.05, 0.1) is 18.5 Å². The van der Waals surface area contributed by atoms with Crippen molar-refractivity contribution in [1.29, 1.82) is 0 Å². The van der Waals surface area contributed by atoms with E-state index in [4.69, 9.17) is 4.42 Å². The van der Waals surface area contributed by atoms with E-state index in [1.807, 2.05) is 0 Å². The van der Waals surface area contributed by atoms with E-state index in [1.165, 1.54) is 60.9 Å². The van der Waals surface area contributed by atoms with Crippen molar-refractivity contribution in [2.75, 3.05) is 11.4 Å². The molecule has 3 amide bonds. The zero-order chi connectivity index (χ0) is 25.5. The lowest BCUT2D eigenvalue weighted by atomic mass is 9.94. The number of carbonyl (C=O) groups excluding carboxylic acids is 3. The van der Waals surface area contributed by atoms with E-state index >= 15 is 0 Å². The summed E-state index contributed by atoms with van der Waals surface area (Å²) in [6.07, 6.45) is 5.96. The number of para-hydroxylation sites is 1. The maximum atomic E-state index is 15.0. The predicted molar refractivity (Wildman–Crippen MR) is 129 cm³/mol. The second kappa shape index (κ2) is 11.6. The fraction of sp³-hybridized carbons (Fsp3) is 0.296. The molecule has 2 N–H and O–H groups in total. The van der Waals surface area contributed by atoms with Crippen molar-refractivity contribution in [1.82, 2.24) is 10.6 Å². The van der Waals surface area contributed by atoms with Crippen LogP contribution >= 0.6 is 0 Å². The fourth-order valence-electron chi connectivity index (χ4n) is 4.39. The van der Waals surface area contributed by atoms with Gasteiger partial charge in [0, 0.05) is 6.04 Å². The van der Waals surface area contributed by atoms with Crippen molar-refractivity contribution in [3.8, 4) is 0 Å². The number of rotatable bonds is 8. The number of benzene rings is 2. The molecule has 0 unspecified atom stereocenters. The third kappa shape index (κ3) is 5.97. The first-order chi connectivity index (χ1) is 17.4. The van der Waals surface area contributed by atoms with Gasteiger partial charge in [0.25, 0.3) is 5.91 Å². The van der Waals surface area contributed by atoms with Crippen LogP contribution in [0.2, 0.25) is 0 Å². The molecule has 2 aromatic carbocycles. The minimum Gasteiger partial charge on any atom is -0.459 e. The van der Waals surface area contributed by atoms with Crippen LogP contribution in [0.25, 0.3) is 0 Å². The first-order valence-electron chi connectivity index (χ1n) is 11.9. The lowest BCUT2D eigenvalue weighted by Gasteiger charge is -2.33. The van der Waals surface area contributed by atoms with E-state index in [2.05, 4.69) is 10.6 Å². The molecule has 1 aromatic heterocycles. The van der Waals surface area contributed by atoms with E-state index in [1.54, 1.807) is 6.07 Å². The smallest absolute Gasteiger partial charge is 0.287 e. The maximum absolute atomic E-state index is 15.0. The van der Waals surface area contributed by atoms with Crippen LogP contribution in [0, 0.1) is 11.6 Å². The summed E-state index contributed by atoms with van der Waals surface area (Å²) in [7, 11) is 0. The van der Waals surface area contributed by atoms with Crippen LogP contribution in [0.15, 0.2) is 71.3 Å². The van der Waals surface area contributed by atoms with Crippen LogP contribution in [-0.2, 0) is 9.59 Å². The molecule has 1 saturated carbocycles. The largest absolute Gasteiger partial charge is 0.459 e. The summed E-state index contributed by atoms with van der Waals surface area (Å²) in [6, 6.07) is 12.3. The van der Waals surface area contributed by atoms with Crippen molar-refractivity contribution in [3.05, 3.63) is 89.9 Å². The molecule has 1 heterocycles. The SMILES string of the molecule is O=C(NCC(=O)N(c1ccccc1F)[C@H](C(=O)NC1CCCCC1)c1ccc(F)cc1)c1ccco1. The van der Waals surface area contributed by atoms with Crippen molar-refractivity contribution in [3.63, 3.8) is 0 Å². The minimum atomic E-state index is -1.29. The summed E-state index contributed by atoms with van der Waals surface area (Å²) in [5.74, 6) is -3.10. The van der Waals surface area contributed by atoms with Gasteiger partial charge >= 0.3 is 0 Å². The van der Waals surface area contributed by atoms with Gasteiger partial charge in [0.15, 0.2) is 5.76 Å². The van der Waals surface area contributed by atoms with Gasteiger partial charge in [-0.25, -0.2) is 8.78 Å². The Morgan fingerprint density at radius 3 is 2.33 bits per heavy atom. The van der Waals surface area contributed by atoms with Gasteiger partial charge in [-0.1, -0.05) is 43.5 Å². The molecule has 4 rings (SSSR count). The van der Waals surface area contributed by atoms with Gasteiger partial charge in [-0.15, -0.1) is 0 Å². The Morgan fingerprint density at radius 1 is 0.944 bits per heavy atom. The number of hydrogen-bond acceptors (Lipinski definition) is 4. The number of furan rings is 1. The van der Waals surface area contributed by atoms with Gasteiger partial charge in [-0.3, -0.25) is 19.3 Å². The molecule has 3 aromatic rings. The molecular weight excluding hydrogens is 468 g/mol. The molecule has 9 heteroatoms. The van der Waals surface area contributed by atoms with Gasteiger partial charge in [0.2, 0.25) is 11.8 Å². The van der Waals surface area contributed by atoms with Crippen LogP contribution in [0.5, 0.6) is 0 Å². The lowest BCUT2D eigenvalue weighted by molar-refractivity contribution is -0.127. The molecule has 188 valence electrons. The number of nitrogens with one attached hydrogen (secondary N) is 2. The van der Waals surface area contributed by atoms with E-state index in [0.717, 1.165) is 37.0 Å². The van der Waals surface area contributed by atoms with Gasteiger partial charge in [-0.05, 0) is 54.8 Å². The van der Waals surface area contributed by atoms with E-state index in [-0.39, 0.29) is 17.5 Å². The minimum absolute atomic E-state index is 0.00497. The molecular formula is C27H27F2N3O4. The Labute approximate surface area is 207 Å². The van der Waals surface area contributed by atoms with Crippen molar-refractivity contribution < 1.29 is 27.6 Å². The van der Waals surface area contributed by atoms with E-state index in [9.17, 15) is 23.2 Å². The normalized spacial score (nSPS) is 14.6. The fourth-order valence-corrected chi connectivity index (χ4v) is 4.39. The Morgan fingerprint density at radius 2 is 1.67 bits per heavy atom. The average Bonchev–Trinajstić information content (AvgIpc) is 3.43. The summed E-state index contributed by atoms with van der Waals surface area (Å²) in [5.41, 5.74) is 0.168. The van der Waals surface area contributed by atoms with E-state index in [0.29, 0.717) is 5.56 Å². The monoisotopic (exact) mass is 495 g/mol. The quantitative estimate of drug-likeness (QED) is 0.481. The summed E-state index contributed by atoms with van der Waals surface area (Å²) in [4.78, 5) is 40.5. The lowest BCUT2D eigenvalue weighted by Crippen LogP contribution is -2.50. The second-order valence-corrected chi connectivity index (χ2v) is 8.67. The standard InChI is InChI=1S/C27H27F2N3O4/c28-19-14-12-18(13-15-19)25(27(35)31-20-7-2-1-3-8-20)32(22-10-5-4-9-21(22)29)24(33)17-30-26(34)23-11-6-16-36-23/h4-6,9-16,20,25H,1-3,7-8,17H2,(H,30,34)(H,31,35)/t25-/m0/s1. The predicted octanol–water partition coefficient (Wildman–Crippen LogP) is 4.51. The molecule has 0 spiro atoms. The third-order valence-corrected chi connectivity index (χ3v) is 6.17. The summed E-state index contributed by atoms with van der Waals surface area (Å²) >= 11 is 0. The molecule has 7 nitrogen and oxygen atoms in total. The molecule has 0 radical (unpaired) electrons. The second-order valence-electron chi connectivity index (χ2n) is 8.67. The van der Waals surface area contributed by atoms with Gasteiger partial charge in [0.1, 0.15) is 17.7 Å². The summed E-state index contributed by atoms with van der Waals surface area (Å²) in [5, 5.41) is 5.44. The Balaban J connectivity index is 1.68. The zero-order valence-corrected chi connectivity index (χ0v) is 19.6. The highest BCUT2D eigenvalue weighted by atomic mass is 19.1. The average molecular weight is 496 g/mol. The van der Waals surface area contributed by atoms with Crippen LogP contribution < -0.4 is 15.5 Å². The number of halogens is 2. The summed E-state index contributed by atoms with van der Waals surface area (Å²) < 4.78 is 33.8. The first-order valence-corrected chi connectivity index (χ1v) is 11.9. The highest BCUT2D eigenvalue weighted by molar-refractivity contribution is 6.04. The molecule has 1 fully saturated rings. The van der Waals surface area contributed by atoms with Crippen molar-refractivity contribution in [2.24, 2.45) is 0 Å². The van der Waals surface area contributed by atoms with Crippen LogP contribution in [0.4, 0.5) is 14.5 Å². The Hall–Kier alpha value is -4.01. The molecule has 1 aliphatic rings. The Bertz CT molecular complexity index is 1190. The number of amides is 3. The van der Waals surface area contributed by atoms with Crippen LogP contribution in [0.3, 0.4) is 0 Å². The molecule has 0 saturated heterocycles. The first kappa shape index (κ1) is 25.1. The highest BCUT2D eigenvalue weighted by Gasteiger charge is 2.35. The Kier molecular flexibility index (Phi) is 8.10. The molecule has 36 heavy (non-hydrogen) atoms. The van der Waals surface area contributed by atoms with Crippen LogP contribution in [0.1, 0.15) is 54.3 Å². The number of carbonyl (C=O) groups is 3. The van der Waals surface area contributed by atoms with Crippen molar-refractivity contribution in [2.45, 2.75) is 44.2 Å². The topological polar surface area (TPSA) is 91.7 Å². The molecule has 1 aliphatic carbocycles. The molecule has 1 atom stereocenters. The van der Waals surface area contributed by atoms with E-state index < -0.39 is 41.9 Å². The van der Waals surface area contributed by atoms with Crippen molar-refractivity contribution >= 4 is 23.4 Å². The van der Waals surface area contributed by atoms with Gasteiger partial charge in [-0.2, -0.15) is 0 Å². The molecule has 0 bridgehead atoms. The molecule has 0 aliphatic heterocycles. The van der Waals surface area contributed by atoms with Crippen LogP contribution in [-0.4, -0.2) is 30.3 Å². The number of nitrogens with zero attached hydrogens (tertiary/aromatic N) is 1. The number of anilines is 1. The highest BCUT2D eigenvalue weighted by Crippen LogP contribution is 2.31. The zero-order valence-electron chi connectivity index (χ0n) is 19.6. The number of hydrogen-bond donors (Lipinski definition) is 2. The van der Waals surface area contributed by atoms with Gasteiger partial charge < -0.3 is 15.1 Å². The maximum Gasteiger partial charge on any atom is 0.287 e. The third-order valence-electron chi connectivity index (χ3n) is 6.17.